The molecule has 0 rings (SSSR count). The molecular formula is C4HCl2F7O. The Labute approximate surface area is 82.7 Å². The van der Waals surface area contributed by atoms with E-state index in [9.17, 15) is 30.7 Å². The number of hydrogen-bond acceptors (Lipinski definition) is 1. The normalized spacial score (nSPS) is 15.0. The summed E-state index contributed by atoms with van der Waals surface area (Å²) in [6.45, 7) is -4.23. The van der Waals surface area contributed by atoms with Crippen LogP contribution >= 0.6 is 23.2 Å². The molecule has 0 aromatic rings. The van der Waals surface area contributed by atoms with Crippen LogP contribution in [0.3, 0.4) is 0 Å². The SMILES string of the molecule is FC(F)OC(F)(C(F)(F)Cl)C(F)(F)Cl. The summed E-state index contributed by atoms with van der Waals surface area (Å²) < 4.78 is 85.7. The molecule has 0 saturated carbocycles. The highest BCUT2D eigenvalue weighted by Crippen LogP contribution is 2.50. The summed E-state index contributed by atoms with van der Waals surface area (Å²) in [7, 11) is 0. The molecule has 0 aliphatic carbocycles. The summed E-state index contributed by atoms with van der Waals surface area (Å²) in [5.74, 6) is -5.49. The number of rotatable bonds is 4. The van der Waals surface area contributed by atoms with E-state index >= 15 is 0 Å². The molecular weight excluding hydrogens is 268 g/mol. The van der Waals surface area contributed by atoms with Crippen molar-refractivity contribution in [2.24, 2.45) is 0 Å². The van der Waals surface area contributed by atoms with E-state index in [0.29, 0.717) is 0 Å². The van der Waals surface area contributed by atoms with E-state index in [1.165, 1.54) is 0 Å². The fourth-order valence-electron chi connectivity index (χ4n) is 0.417. The number of alkyl halides is 9. The molecule has 0 amide bonds. The minimum absolute atomic E-state index is 2.40. The molecule has 0 radical (unpaired) electrons. The van der Waals surface area contributed by atoms with Crippen LogP contribution < -0.4 is 0 Å². The van der Waals surface area contributed by atoms with Crippen LogP contribution in [-0.2, 0) is 4.74 Å². The lowest BCUT2D eigenvalue weighted by Crippen LogP contribution is -2.55. The molecule has 0 bridgehead atoms. The highest BCUT2D eigenvalue weighted by atomic mass is 35.5. The van der Waals surface area contributed by atoms with Gasteiger partial charge in [-0.2, -0.15) is 30.7 Å². The maximum absolute atomic E-state index is 12.6. The zero-order valence-electron chi connectivity index (χ0n) is 5.89. The lowest BCUT2D eigenvalue weighted by Gasteiger charge is -2.31. The first-order chi connectivity index (χ1) is 5.92. The molecule has 0 heterocycles. The molecule has 1 nitrogen and oxygen atoms in total. The molecule has 10 heteroatoms. The van der Waals surface area contributed by atoms with Crippen molar-refractivity contribution in [2.75, 3.05) is 0 Å². The fraction of sp³-hybridized carbons (Fsp3) is 1.00. The predicted molar refractivity (Wildman–Crippen MR) is 32.5 cm³/mol. The van der Waals surface area contributed by atoms with Crippen LogP contribution in [0.5, 0.6) is 0 Å². The third-order valence-electron chi connectivity index (χ3n) is 0.981. The second kappa shape index (κ2) is 3.90. The van der Waals surface area contributed by atoms with Gasteiger partial charge in [-0.1, -0.05) is 0 Å². The van der Waals surface area contributed by atoms with Crippen LogP contribution in [0.1, 0.15) is 0 Å². The summed E-state index contributed by atoms with van der Waals surface area (Å²) >= 11 is 7.68. The zero-order valence-corrected chi connectivity index (χ0v) is 7.40. The smallest absolute Gasteiger partial charge is 0.273 e. The topological polar surface area (TPSA) is 9.23 Å². The summed E-state index contributed by atoms with van der Waals surface area (Å²) in [5, 5.41) is -10.8. The van der Waals surface area contributed by atoms with Crippen LogP contribution in [0.25, 0.3) is 0 Å². The maximum atomic E-state index is 12.6. The minimum atomic E-state index is -5.49. The Balaban J connectivity index is 5.07. The van der Waals surface area contributed by atoms with E-state index in [1.54, 1.807) is 0 Å². The quantitative estimate of drug-likeness (QED) is 0.560. The second-order valence-electron chi connectivity index (χ2n) is 1.97. The fourth-order valence-corrected chi connectivity index (χ4v) is 0.792. The van der Waals surface area contributed by atoms with Gasteiger partial charge in [-0.25, -0.2) is 0 Å². The van der Waals surface area contributed by atoms with Gasteiger partial charge in [0, 0.05) is 0 Å². The van der Waals surface area contributed by atoms with Crippen molar-refractivity contribution >= 4 is 23.2 Å². The van der Waals surface area contributed by atoms with Crippen LogP contribution in [0, 0.1) is 0 Å². The Morgan fingerprint density at radius 1 is 0.857 bits per heavy atom. The van der Waals surface area contributed by atoms with E-state index in [0.717, 1.165) is 0 Å². The predicted octanol–water partition coefficient (Wildman–Crippen LogP) is 3.55. The van der Waals surface area contributed by atoms with Crippen LogP contribution in [0.2, 0.25) is 0 Å². The molecule has 0 unspecified atom stereocenters. The van der Waals surface area contributed by atoms with Crippen LogP contribution in [0.15, 0.2) is 0 Å². The van der Waals surface area contributed by atoms with Crippen molar-refractivity contribution in [2.45, 2.75) is 23.2 Å². The first kappa shape index (κ1) is 14.1. The summed E-state index contributed by atoms with van der Waals surface area (Å²) in [5.41, 5.74) is 0. The molecule has 14 heavy (non-hydrogen) atoms. The van der Waals surface area contributed by atoms with Gasteiger partial charge in [0.1, 0.15) is 0 Å². The van der Waals surface area contributed by atoms with Gasteiger partial charge in [-0.15, -0.1) is 0 Å². The van der Waals surface area contributed by atoms with E-state index < -0.39 is 23.2 Å². The van der Waals surface area contributed by atoms with Gasteiger partial charge in [-0.3, -0.25) is 4.74 Å². The molecule has 0 saturated heterocycles. The molecule has 0 fully saturated rings. The molecule has 0 N–H and O–H groups in total. The molecule has 86 valence electrons. The third-order valence-corrected chi connectivity index (χ3v) is 1.47. The van der Waals surface area contributed by atoms with Crippen molar-refractivity contribution in [3.05, 3.63) is 0 Å². The Hall–Kier alpha value is 0.0500. The van der Waals surface area contributed by atoms with Gasteiger partial charge >= 0.3 is 23.2 Å². The third kappa shape index (κ3) is 2.77. The Kier molecular flexibility index (Phi) is 3.91. The highest BCUT2D eigenvalue weighted by Gasteiger charge is 2.72. The molecule has 0 spiro atoms. The number of halogens is 9. The minimum Gasteiger partial charge on any atom is -0.273 e. The Morgan fingerprint density at radius 3 is 1.21 bits per heavy atom. The van der Waals surface area contributed by atoms with Crippen molar-refractivity contribution in [3.8, 4) is 0 Å². The Morgan fingerprint density at radius 2 is 1.14 bits per heavy atom. The summed E-state index contributed by atoms with van der Waals surface area (Å²) in [6.07, 6.45) is 0. The molecule has 0 aliphatic heterocycles. The average Bonchev–Trinajstić information content (AvgIpc) is 1.79. The molecule has 0 atom stereocenters. The van der Waals surface area contributed by atoms with Crippen LogP contribution in [0.4, 0.5) is 30.7 Å². The van der Waals surface area contributed by atoms with Gasteiger partial charge in [0.25, 0.3) is 0 Å². The molecule has 0 aromatic carbocycles. The molecule has 0 aliphatic rings. The van der Waals surface area contributed by atoms with Crippen LogP contribution in [-0.4, -0.2) is 23.2 Å². The second-order valence-corrected chi connectivity index (χ2v) is 2.92. The van der Waals surface area contributed by atoms with Crippen molar-refractivity contribution < 1.29 is 35.5 Å². The van der Waals surface area contributed by atoms with Crippen molar-refractivity contribution in [1.29, 1.82) is 0 Å². The molecule has 0 aromatic heterocycles. The summed E-state index contributed by atoms with van der Waals surface area (Å²) in [4.78, 5) is 0. The van der Waals surface area contributed by atoms with Crippen molar-refractivity contribution in [3.63, 3.8) is 0 Å². The number of hydrogen-bond donors (Lipinski definition) is 0. The highest BCUT2D eigenvalue weighted by molar-refractivity contribution is 6.26. The van der Waals surface area contributed by atoms with Gasteiger partial charge in [-0.05, 0) is 23.2 Å². The Bertz CT molecular complexity index is 183. The van der Waals surface area contributed by atoms with E-state index in [1.807, 2.05) is 0 Å². The van der Waals surface area contributed by atoms with Gasteiger partial charge in [0.2, 0.25) is 0 Å². The number of ether oxygens (including phenoxy) is 1. The van der Waals surface area contributed by atoms with Gasteiger partial charge in [0.05, 0.1) is 0 Å². The zero-order chi connectivity index (χ0) is 11.8. The van der Waals surface area contributed by atoms with Crippen molar-refractivity contribution in [1.82, 2.24) is 0 Å². The average molecular weight is 269 g/mol. The van der Waals surface area contributed by atoms with Gasteiger partial charge in [0.15, 0.2) is 0 Å². The maximum Gasteiger partial charge on any atom is 0.387 e. The largest absolute Gasteiger partial charge is 0.387 e. The van der Waals surface area contributed by atoms with E-state index in [-0.39, 0.29) is 0 Å². The van der Waals surface area contributed by atoms with E-state index in [2.05, 4.69) is 27.9 Å². The standard InChI is InChI=1S/C4HCl2F7O/c5-3(10,11)2(9,4(6,12)13)14-1(7)8/h1H. The lowest BCUT2D eigenvalue weighted by molar-refractivity contribution is -0.363. The first-order valence-electron chi connectivity index (χ1n) is 2.70. The lowest BCUT2D eigenvalue weighted by atomic mass is 10.3. The van der Waals surface area contributed by atoms with Gasteiger partial charge < -0.3 is 0 Å². The first-order valence-corrected chi connectivity index (χ1v) is 3.46. The monoisotopic (exact) mass is 268 g/mol. The van der Waals surface area contributed by atoms with E-state index in [4.69, 9.17) is 0 Å². The summed E-state index contributed by atoms with van der Waals surface area (Å²) in [6, 6.07) is 0.